The zero-order valence-electron chi connectivity index (χ0n) is 15.6. The highest BCUT2D eigenvalue weighted by molar-refractivity contribution is 7.70. The third kappa shape index (κ3) is 4.43. The summed E-state index contributed by atoms with van der Waals surface area (Å²) in [6.45, 7) is 2.06. The molecule has 0 unspecified atom stereocenters. The van der Waals surface area contributed by atoms with Gasteiger partial charge in [0.1, 0.15) is 18.9 Å². The highest BCUT2D eigenvalue weighted by atomic mass is 31.2. The molecule has 1 aromatic carbocycles. The number of anilines is 1. The van der Waals surface area contributed by atoms with Crippen LogP contribution in [-0.2, 0) is 10.7 Å². The van der Waals surface area contributed by atoms with Gasteiger partial charge in [0.15, 0.2) is 0 Å². The molecule has 0 aliphatic carbocycles. The van der Waals surface area contributed by atoms with Crippen LogP contribution in [0.5, 0.6) is 0 Å². The second kappa shape index (κ2) is 7.76. The SMILES string of the molecule is CP(C)(=O)c1cccc2c(-c3nc(NC[C@H](F)CO)ncc3C(F)(F)F)c[nH]c12. The third-order valence-corrected chi connectivity index (χ3v) is 5.84. The summed E-state index contributed by atoms with van der Waals surface area (Å²) in [4.78, 5) is 10.5. The maximum atomic E-state index is 13.6. The molecule has 0 saturated heterocycles. The summed E-state index contributed by atoms with van der Waals surface area (Å²) in [7, 11) is -2.68. The van der Waals surface area contributed by atoms with E-state index in [-0.39, 0.29) is 23.8 Å². The fourth-order valence-electron chi connectivity index (χ4n) is 2.93. The van der Waals surface area contributed by atoms with Gasteiger partial charge in [-0.25, -0.2) is 14.4 Å². The number of aliphatic hydroxyl groups is 1. The van der Waals surface area contributed by atoms with Crippen LogP contribution in [-0.4, -0.2) is 52.7 Å². The van der Waals surface area contributed by atoms with Crippen molar-refractivity contribution >= 4 is 29.3 Å². The number of fused-ring (bicyclic) bond motifs is 1. The minimum atomic E-state index is -4.71. The van der Waals surface area contributed by atoms with E-state index < -0.39 is 31.7 Å². The summed E-state index contributed by atoms with van der Waals surface area (Å²) in [6.07, 6.45) is -4.32. The van der Waals surface area contributed by atoms with Gasteiger partial charge >= 0.3 is 6.18 Å². The predicted octanol–water partition coefficient (Wildman–Crippen LogP) is 3.63. The summed E-state index contributed by atoms with van der Waals surface area (Å²) < 4.78 is 66.5. The number of nitrogens with one attached hydrogen (secondary N) is 2. The van der Waals surface area contributed by atoms with E-state index in [9.17, 15) is 22.1 Å². The molecule has 0 fully saturated rings. The van der Waals surface area contributed by atoms with Crippen LogP contribution >= 0.6 is 7.14 Å². The van der Waals surface area contributed by atoms with Gasteiger partial charge in [0.2, 0.25) is 5.95 Å². The lowest BCUT2D eigenvalue weighted by molar-refractivity contribution is -0.137. The number of hydrogen-bond acceptors (Lipinski definition) is 5. The molecule has 6 nitrogen and oxygen atoms in total. The van der Waals surface area contributed by atoms with Gasteiger partial charge in [-0.1, -0.05) is 12.1 Å². The fourth-order valence-corrected chi connectivity index (χ4v) is 4.10. The lowest BCUT2D eigenvalue weighted by atomic mass is 10.1. The Morgan fingerprint density at radius 2 is 2.03 bits per heavy atom. The highest BCUT2D eigenvalue weighted by Gasteiger charge is 2.36. The Morgan fingerprint density at radius 1 is 1.31 bits per heavy atom. The molecule has 0 aliphatic heterocycles. The first-order valence-corrected chi connectivity index (χ1v) is 11.2. The third-order valence-electron chi connectivity index (χ3n) is 4.30. The number of H-pyrrole nitrogens is 1. The molecule has 2 aromatic heterocycles. The lowest BCUT2D eigenvalue weighted by Crippen LogP contribution is -2.20. The molecular formula is C18H19F4N4O2P. The fraction of sp³-hybridized carbons (Fsp3) is 0.333. The smallest absolute Gasteiger partial charge is 0.393 e. The number of alkyl halides is 4. The Kier molecular flexibility index (Phi) is 5.69. The molecule has 29 heavy (non-hydrogen) atoms. The summed E-state index contributed by atoms with van der Waals surface area (Å²) in [6, 6.07) is 4.90. The molecule has 0 aliphatic rings. The Balaban J connectivity index is 2.17. The zero-order valence-corrected chi connectivity index (χ0v) is 16.5. The number of para-hydroxylation sites is 1. The summed E-state index contributed by atoms with van der Waals surface area (Å²) >= 11 is 0. The van der Waals surface area contributed by atoms with Crippen molar-refractivity contribution in [3.8, 4) is 11.3 Å². The number of nitrogens with zero attached hydrogens (tertiary/aromatic N) is 2. The van der Waals surface area contributed by atoms with E-state index in [4.69, 9.17) is 5.11 Å². The van der Waals surface area contributed by atoms with Crippen LogP contribution in [0.1, 0.15) is 5.56 Å². The van der Waals surface area contributed by atoms with Gasteiger partial charge in [-0.2, -0.15) is 13.2 Å². The van der Waals surface area contributed by atoms with E-state index in [0.29, 0.717) is 22.4 Å². The zero-order chi connectivity index (χ0) is 21.4. The minimum absolute atomic E-state index is 0.159. The van der Waals surface area contributed by atoms with E-state index in [1.54, 1.807) is 31.5 Å². The van der Waals surface area contributed by atoms with Gasteiger partial charge in [0, 0.05) is 28.6 Å². The molecule has 2 heterocycles. The second-order valence-electron chi connectivity index (χ2n) is 6.87. The molecule has 3 N–H and O–H groups in total. The van der Waals surface area contributed by atoms with Crippen LogP contribution in [0.25, 0.3) is 22.2 Å². The molecule has 3 rings (SSSR count). The topological polar surface area (TPSA) is 90.9 Å². The largest absolute Gasteiger partial charge is 0.419 e. The van der Waals surface area contributed by atoms with Crippen molar-refractivity contribution in [2.24, 2.45) is 0 Å². The van der Waals surface area contributed by atoms with Crippen molar-refractivity contribution < 1.29 is 27.2 Å². The van der Waals surface area contributed by atoms with Gasteiger partial charge in [-0.15, -0.1) is 0 Å². The molecular weight excluding hydrogens is 411 g/mol. The van der Waals surface area contributed by atoms with E-state index in [1.165, 1.54) is 6.20 Å². The quantitative estimate of drug-likeness (QED) is 0.411. The summed E-state index contributed by atoms with van der Waals surface area (Å²) in [5, 5.41) is 12.2. The Labute approximate surface area is 163 Å². The van der Waals surface area contributed by atoms with E-state index in [1.807, 2.05) is 0 Å². The van der Waals surface area contributed by atoms with E-state index in [0.717, 1.165) is 0 Å². The number of halogens is 4. The van der Waals surface area contributed by atoms with Gasteiger partial charge in [-0.05, 0) is 19.4 Å². The van der Waals surface area contributed by atoms with Crippen LogP contribution in [0.15, 0.2) is 30.6 Å². The van der Waals surface area contributed by atoms with Crippen molar-refractivity contribution in [1.82, 2.24) is 15.0 Å². The summed E-state index contributed by atoms with van der Waals surface area (Å²) in [5.74, 6) is -0.203. The number of aliphatic hydroxyl groups excluding tert-OH is 1. The van der Waals surface area contributed by atoms with Crippen molar-refractivity contribution in [3.63, 3.8) is 0 Å². The monoisotopic (exact) mass is 430 g/mol. The Hall–Kier alpha value is -2.45. The van der Waals surface area contributed by atoms with Gasteiger partial charge in [-0.3, -0.25) is 0 Å². The normalized spacial score (nSPS) is 13.6. The number of rotatable bonds is 6. The Bertz CT molecular complexity index is 1080. The molecule has 0 amide bonds. The molecule has 156 valence electrons. The van der Waals surface area contributed by atoms with Crippen molar-refractivity contribution in [1.29, 1.82) is 0 Å². The van der Waals surface area contributed by atoms with E-state index in [2.05, 4.69) is 20.3 Å². The van der Waals surface area contributed by atoms with Gasteiger partial charge in [0.25, 0.3) is 0 Å². The minimum Gasteiger partial charge on any atom is -0.393 e. The Morgan fingerprint density at radius 3 is 2.66 bits per heavy atom. The summed E-state index contributed by atoms with van der Waals surface area (Å²) in [5.41, 5.74) is -0.808. The first-order chi connectivity index (χ1) is 13.5. The average molecular weight is 430 g/mol. The second-order valence-corrected chi connectivity index (χ2v) is 10.1. The van der Waals surface area contributed by atoms with E-state index >= 15 is 0 Å². The maximum absolute atomic E-state index is 13.6. The van der Waals surface area contributed by atoms with Crippen LogP contribution in [0.4, 0.5) is 23.5 Å². The van der Waals surface area contributed by atoms with Crippen LogP contribution < -0.4 is 10.6 Å². The van der Waals surface area contributed by atoms with Crippen molar-refractivity contribution in [2.45, 2.75) is 12.3 Å². The number of aromatic amines is 1. The molecule has 1 atom stereocenters. The van der Waals surface area contributed by atoms with Crippen LogP contribution in [0.2, 0.25) is 0 Å². The molecule has 0 spiro atoms. The first kappa shape index (κ1) is 21.3. The maximum Gasteiger partial charge on any atom is 0.419 e. The van der Waals surface area contributed by atoms with Crippen molar-refractivity contribution in [2.75, 3.05) is 31.8 Å². The molecule has 0 radical (unpaired) electrons. The van der Waals surface area contributed by atoms with Crippen LogP contribution in [0, 0.1) is 0 Å². The highest BCUT2D eigenvalue weighted by Crippen LogP contribution is 2.41. The average Bonchev–Trinajstić information content (AvgIpc) is 3.08. The van der Waals surface area contributed by atoms with Gasteiger partial charge in [0.05, 0.1) is 24.4 Å². The molecule has 0 bridgehead atoms. The number of benzene rings is 1. The predicted molar refractivity (Wildman–Crippen MR) is 104 cm³/mol. The molecule has 3 aromatic rings. The lowest BCUT2D eigenvalue weighted by Gasteiger charge is -2.14. The first-order valence-electron chi connectivity index (χ1n) is 8.61. The van der Waals surface area contributed by atoms with Crippen molar-refractivity contribution in [3.05, 3.63) is 36.2 Å². The molecule has 11 heteroatoms. The number of aromatic nitrogens is 3. The van der Waals surface area contributed by atoms with Gasteiger partial charge < -0.3 is 20.0 Å². The molecule has 0 saturated carbocycles. The van der Waals surface area contributed by atoms with Crippen LogP contribution in [0.3, 0.4) is 0 Å². The number of hydrogen-bond donors (Lipinski definition) is 3. The standard InChI is InChI=1S/C18H19F4N4O2P/c1-29(2,28)14-5-3-4-11-12(7-23-16(11)14)15-13(18(20,21)22)8-25-17(26-15)24-6-10(19)9-27/h3-5,7-8,10,23,27H,6,9H2,1-2H3,(H,24,25,26)/t10-/m0/s1.